The van der Waals surface area contributed by atoms with Crippen molar-refractivity contribution in [1.29, 1.82) is 0 Å². The molecule has 0 bridgehead atoms. The van der Waals surface area contributed by atoms with Gasteiger partial charge in [-0.05, 0) is 37.3 Å². The Morgan fingerprint density at radius 3 is 1.97 bits per heavy atom. The molecule has 0 aliphatic carbocycles. The van der Waals surface area contributed by atoms with Gasteiger partial charge in [0.25, 0.3) is 0 Å². The lowest BCUT2D eigenvalue weighted by Crippen LogP contribution is -2.58. The number of aliphatic carboxylic acids is 2. The number of thioether (sulfide) groups is 1. The van der Waals surface area contributed by atoms with Crippen molar-refractivity contribution in [3.8, 4) is 0 Å². The Labute approximate surface area is 213 Å². The zero-order valence-electron chi connectivity index (χ0n) is 20.2. The second-order valence-electron chi connectivity index (χ2n) is 8.19. The van der Waals surface area contributed by atoms with Crippen LogP contribution in [0.25, 0.3) is 0 Å². The highest BCUT2D eigenvalue weighted by atomic mass is 32.2. The van der Waals surface area contributed by atoms with E-state index in [1.807, 2.05) is 0 Å². The van der Waals surface area contributed by atoms with E-state index in [4.69, 9.17) is 10.8 Å². The van der Waals surface area contributed by atoms with E-state index < -0.39 is 66.4 Å². The molecule has 13 heteroatoms. The Kier molecular flexibility index (Phi) is 13.5. The number of carboxylic acid groups (broad SMARTS) is 2. The van der Waals surface area contributed by atoms with Crippen LogP contribution in [0.4, 0.5) is 0 Å². The van der Waals surface area contributed by atoms with Gasteiger partial charge in [0.15, 0.2) is 0 Å². The maximum absolute atomic E-state index is 13.2. The minimum absolute atomic E-state index is 0.0676. The van der Waals surface area contributed by atoms with Gasteiger partial charge in [0.05, 0.1) is 6.10 Å². The Morgan fingerprint density at radius 2 is 1.44 bits per heavy atom. The fourth-order valence-electron chi connectivity index (χ4n) is 3.12. The van der Waals surface area contributed by atoms with Gasteiger partial charge in [-0.15, -0.1) is 0 Å². The van der Waals surface area contributed by atoms with E-state index in [1.165, 1.54) is 18.7 Å². The zero-order valence-corrected chi connectivity index (χ0v) is 21.0. The van der Waals surface area contributed by atoms with Crippen molar-refractivity contribution < 1.29 is 39.3 Å². The van der Waals surface area contributed by atoms with E-state index >= 15 is 0 Å². The van der Waals surface area contributed by atoms with Crippen molar-refractivity contribution in [3.05, 3.63) is 35.9 Å². The Balaban J connectivity index is 3.07. The highest BCUT2D eigenvalue weighted by Crippen LogP contribution is 2.08. The van der Waals surface area contributed by atoms with Gasteiger partial charge < -0.3 is 37.0 Å². The monoisotopic (exact) mass is 526 g/mol. The quantitative estimate of drug-likeness (QED) is 0.141. The number of carboxylic acids is 2. The molecule has 0 saturated carbocycles. The summed E-state index contributed by atoms with van der Waals surface area (Å²) in [7, 11) is 0. The third-order valence-electron chi connectivity index (χ3n) is 5.24. The molecule has 0 fully saturated rings. The molecule has 5 atom stereocenters. The molecular formula is C23H34N4O8S. The van der Waals surface area contributed by atoms with E-state index in [0.29, 0.717) is 11.3 Å². The topological polar surface area (TPSA) is 208 Å². The van der Waals surface area contributed by atoms with Gasteiger partial charge in [-0.25, -0.2) is 4.79 Å². The molecule has 200 valence electrons. The number of amides is 3. The molecule has 8 N–H and O–H groups in total. The van der Waals surface area contributed by atoms with E-state index in [1.54, 1.807) is 36.6 Å². The first-order valence-corrected chi connectivity index (χ1v) is 12.7. The van der Waals surface area contributed by atoms with Gasteiger partial charge in [0.1, 0.15) is 24.2 Å². The number of hydrogen-bond donors (Lipinski definition) is 7. The summed E-state index contributed by atoms with van der Waals surface area (Å²) in [4.78, 5) is 60.8. The van der Waals surface area contributed by atoms with Crippen LogP contribution in [0.5, 0.6) is 0 Å². The molecule has 1 aromatic carbocycles. The maximum atomic E-state index is 13.2. The van der Waals surface area contributed by atoms with E-state index in [0.717, 1.165) is 0 Å². The van der Waals surface area contributed by atoms with Crippen molar-refractivity contribution in [1.82, 2.24) is 16.0 Å². The molecule has 0 heterocycles. The Morgan fingerprint density at radius 1 is 0.889 bits per heavy atom. The fourth-order valence-corrected chi connectivity index (χ4v) is 3.59. The van der Waals surface area contributed by atoms with Crippen LogP contribution in [0.3, 0.4) is 0 Å². The van der Waals surface area contributed by atoms with Gasteiger partial charge in [0.2, 0.25) is 17.7 Å². The molecule has 0 spiro atoms. The predicted octanol–water partition coefficient (Wildman–Crippen LogP) is -0.906. The molecular weight excluding hydrogens is 492 g/mol. The molecule has 0 aliphatic rings. The molecule has 0 radical (unpaired) electrons. The molecule has 0 aromatic heterocycles. The first-order valence-electron chi connectivity index (χ1n) is 11.3. The summed E-state index contributed by atoms with van der Waals surface area (Å²) in [5, 5.41) is 35.1. The fraction of sp³-hybridized carbons (Fsp3) is 0.522. The zero-order chi connectivity index (χ0) is 27.3. The summed E-state index contributed by atoms with van der Waals surface area (Å²) in [6.45, 7) is 1.34. The summed E-state index contributed by atoms with van der Waals surface area (Å²) >= 11 is 1.40. The summed E-state index contributed by atoms with van der Waals surface area (Å²) in [5.74, 6) is -4.41. The first kappa shape index (κ1) is 30.9. The largest absolute Gasteiger partial charge is 0.481 e. The van der Waals surface area contributed by atoms with Crippen molar-refractivity contribution in [2.75, 3.05) is 12.0 Å². The minimum Gasteiger partial charge on any atom is -0.481 e. The summed E-state index contributed by atoms with van der Waals surface area (Å²) in [6.07, 6.45) is 0.0578. The number of hydrogen-bond acceptors (Lipinski definition) is 8. The minimum atomic E-state index is -1.45. The van der Waals surface area contributed by atoms with E-state index in [-0.39, 0.29) is 19.3 Å². The lowest BCUT2D eigenvalue weighted by Gasteiger charge is -2.25. The molecule has 1 aromatic rings. The van der Waals surface area contributed by atoms with Crippen molar-refractivity contribution in [2.45, 2.75) is 62.9 Å². The third-order valence-corrected chi connectivity index (χ3v) is 5.89. The van der Waals surface area contributed by atoms with Gasteiger partial charge in [-0.1, -0.05) is 30.3 Å². The van der Waals surface area contributed by atoms with Gasteiger partial charge in [-0.2, -0.15) is 11.8 Å². The lowest BCUT2D eigenvalue weighted by atomic mass is 10.0. The smallest absolute Gasteiger partial charge is 0.326 e. The van der Waals surface area contributed by atoms with Gasteiger partial charge in [-0.3, -0.25) is 19.2 Å². The molecule has 0 saturated heterocycles. The normalized spacial score (nSPS) is 15.0. The summed E-state index contributed by atoms with van der Waals surface area (Å²) < 4.78 is 0. The van der Waals surface area contributed by atoms with Gasteiger partial charge in [0, 0.05) is 12.8 Å². The molecule has 1 rings (SSSR count). The number of carbonyl (C=O) groups is 5. The molecule has 36 heavy (non-hydrogen) atoms. The number of nitrogens with one attached hydrogen (secondary N) is 3. The van der Waals surface area contributed by atoms with Crippen molar-refractivity contribution in [2.24, 2.45) is 5.73 Å². The number of aliphatic hydroxyl groups is 1. The second kappa shape index (κ2) is 15.8. The van der Waals surface area contributed by atoms with Gasteiger partial charge >= 0.3 is 11.9 Å². The average molecular weight is 527 g/mol. The van der Waals surface area contributed by atoms with Crippen LogP contribution < -0.4 is 21.7 Å². The van der Waals surface area contributed by atoms with Crippen LogP contribution in [0.2, 0.25) is 0 Å². The van der Waals surface area contributed by atoms with Crippen LogP contribution in [-0.4, -0.2) is 87.3 Å². The lowest BCUT2D eigenvalue weighted by molar-refractivity contribution is -0.143. The molecule has 5 unspecified atom stereocenters. The highest BCUT2D eigenvalue weighted by Gasteiger charge is 2.31. The number of nitrogens with two attached hydrogens (primary N) is 1. The average Bonchev–Trinajstić information content (AvgIpc) is 2.83. The predicted molar refractivity (Wildman–Crippen MR) is 133 cm³/mol. The maximum Gasteiger partial charge on any atom is 0.326 e. The molecule has 3 amide bonds. The Hall–Kier alpha value is -3.16. The number of rotatable bonds is 16. The van der Waals surface area contributed by atoms with Crippen LogP contribution in [0, 0.1) is 0 Å². The van der Waals surface area contributed by atoms with Crippen LogP contribution >= 0.6 is 11.8 Å². The van der Waals surface area contributed by atoms with Crippen LogP contribution in [0.15, 0.2) is 30.3 Å². The van der Waals surface area contributed by atoms with Crippen molar-refractivity contribution in [3.63, 3.8) is 0 Å². The van der Waals surface area contributed by atoms with Crippen LogP contribution in [-0.2, 0) is 30.4 Å². The molecule has 0 aliphatic heterocycles. The standard InChI is InChI=1S/C23H34N4O8S/c1-13(28)19(24)22(33)27-17(12-14-6-4-3-5-7-14)21(32)25-15(10-11-36-2)20(31)26-16(23(34)35)8-9-18(29)30/h3-7,13,15-17,19,28H,8-12,24H2,1-2H3,(H,25,32)(H,26,31)(H,27,33)(H,29,30)(H,34,35). The molecule has 12 nitrogen and oxygen atoms in total. The van der Waals surface area contributed by atoms with E-state index in [9.17, 15) is 34.2 Å². The first-order chi connectivity index (χ1) is 17.0. The van der Waals surface area contributed by atoms with Crippen molar-refractivity contribution >= 4 is 41.4 Å². The number of carbonyl (C=O) groups excluding carboxylic acids is 3. The second-order valence-corrected chi connectivity index (χ2v) is 9.18. The summed E-state index contributed by atoms with van der Waals surface area (Å²) in [6, 6.07) is 3.78. The number of benzene rings is 1. The SMILES string of the molecule is CSCCC(NC(=O)C(Cc1ccccc1)NC(=O)C(N)C(C)O)C(=O)NC(CCC(=O)O)C(=O)O. The Bertz CT molecular complexity index is 899. The third kappa shape index (κ3) is 11.1. The van der Waals surface area contributed by atoms with E-state index in [2.05, 4.69) is 16.0 Å². The highest BCUT2D eigenvalue weighted by molar-refractivity contribution is 7.98. The number of aliphatic hydroxyl groups excluding tert-OH is 1. The summed E-state index contributed by atoms with van der Waals surface area (Å²) in [5.41, 5.74) is 6.41. The van der Waals surface area contributed by atoms with Crippen LogP contribution in [0.1, 0.15) is 31.7 Å².